The molecule has 2 nitrogen and oxygen atoms in total. The first-order valence-electron chi connectivity index (χ1n) is 6.35. The highest BCUT2D eigenvalue weighted by Gasteiger charge is 2.26. The van der Waals surface area contributed by atoms with E-state index in [0.717, 1.165) is 29.4 Å². The molecule has 0 aromatic heterocycles. The molecule has 0 bridgehead atoms. The van der Waals surface area contributed by atoms with Gasteiger partial charge in [-0.2, -0.15) is 0 Å². The van der Waals surface area contributed by atoms with Gasteiger partial charge in [0.05, 0.1) is 12.2 Å². The Hall–Kier alpha value is -1.02. The van der Waals surface area contributed by atoms with Gasteiger partial charge in [0.2, 0.25) is 0 Å². The number of ether oxygens (including phenoxy) is 1. The molecule has 0 unspecified atom stereocenters. The maximum atomic E-state index is 10.2. The van der Waals surface area contributed by atoms with Gasteiger partial charge in [-0.05, 0) is 58.1 Å². The fourth-order valence-electron chi connectivity index (χ4n) is 2.09. The van der Waals surface area contributed by atoms with E-state index in [-0.39, 0.29) is 0 Å². The maximum absolute atomic E-state index is 10.2. The standard InChI is InChI=1S/C15H22O2/c1-10-7-11(2)14(17-9-12-5-6-12)13(8-10)15(3,4)16/h7-8,12,16H,5-6,9H2,1-4H3. The second-order valence-electron chi connectivity index (χ2n) is 5.77. The van der Waals surface area contributed by atoms with Crippen LogP contribution in [0.4, 0.5) is 0 Å². The van der Waals surface area contributed by atoms with Crippen molar-refractivity contribution in [2.45, 2.75) is 46.1 Å². The molecule has 94 valence electrons. The van der Waals surface area contributed by atoms with Crippen LogP contribution in [0.25, 0.3) is 0 Å². The fraction of sp³-hybridized carbons (Fsp3) is 0.600. The summed E-state index contributed by atoms with van der Waals surface area (Å²) >= 11 is 0. The van der Waals surface area contributed by atoms with Crippen LogP contribution in [0.5, 0.6) is 5.75 Å². The van der Waals surface area contributed by atoms with Crippen molar-refractivity contribution in [2.24, 2.45) is 5.92 Å². The molecule has 1 aromatic rings. The van der Waals surface area contributed by atoms with E-state index in [1.807, 2.05) is 33.8 Å². The van der Waals surface area contributed by atoms with E-state index in [9.17, 15) is 5.11 Å². The maximum Gasteiger partial charge on any atom is 0.128 e. The van der Waals surface area contributed by atoms with Crippen LogP contribution in [0.3, 0.4) is 0 Å². The Labute approximate surface area is 104 Å². The molecule has 1 N–H and O–H groups in total. The van der Waals surface area contributed by atoms with Crippen molar-refractivity contribution in [1.82, 2.24) is 0 Å². The number of hydrogen-bond acceptors (Lipinski definition) is 2. The molecule has 2 heteroatoms. The van der Waals surface area contributed by atoms with Gasteiger partial charge in [0.1, 0.15) is 5.75 Å². The molecule has 17 heavy (non-hydrogen) atoms. The van der Waals surface area contributed by atoms with Crippen molar-refractivity contribution in [2.75, 3.05) is 6.61 Å². The van der Waals surface area contributed by atoms with Crippen molar-refractivity contribution < 1.29 is 9.84 Å². The van der Waals surface area contributed by atoms with Crippen LogP contribution >= 0.6 is 0 Å². The Morgan fingerprint density at radius 3 is 2.47 bits per heavy atom. The molecule has 2 rings (SSSR count). The summed E-state index contributed by atoms with van der Waals surface area (Å²) in [4.78, 5) is 0. The highest BCUT2D eigenvalue weighted by molar-refractivity contribution is 5.46. The lowest BCUT2D eigenvalue weighted by Crippen LogP contribution is -2.18. The number of benzene rings is 1. The lowest BCUT2D eigenvalue weighted by Gasteiger charge is -2.24. The minimum absolute atomic E-state index is 0.727. The summed E-state index contributed by atoms with van der Waals surface area (Å²) in [5.74, 6) is 1.60. The highest BCUT2D eigenvalue weighted by Crippen LogP contribution is 2.36. The van der Waals surface area contributed by atoms with Crippen LogP contribution < -0.4 is 4.74 Å². The smallest absolute Gasteiger partial charge is 0.128 e. The zero-order valence-corrected chi connectivity index (χ0v) is 11.2. The minimum Gasteiger partial charge on any atom is -0.493 e. The molecular weight excluding hydrogens is 212 g/mol. The molecule has 0 heterocycles. The summed E-state index contributed by atoms with van der Waals surface area (Å²) in [7, 11) is 0. The predicted octanol–water partition coefficient (Wildman–Crippen LogP) is 3.32. The van der Waals surface area contributed by atoms with Crippen molar-refractivity contribution in [3.05, 3.63) is 28.8 Å². The highest BCUT2D eigenvalue weighted by atomic mass is 16.5. The first-order chi connectivity index (χ1) is 7.88. The second kappa shape index (κ2) is 4.34. The first kappa shape index (κ1) is 12.4. The third kappa shape index (κ3) is 3.01. The monoisotopic (exact) mass is 234 g/mol. The molecule has 1 saturated carbocycles. The van der Waals surface area contributed by atoms with E-state index in [2.05, 4.69) is 6.07 Å². The van der Waals surface area contributed by atoms with E-state index in [0.29, 0.717) is 0 Å². The quantitative estimate of drug-likeness (QED) is 0.866. The molecule has 0 radical (unpaired) electrons. The average molecular weight is 234 g/mol. The largest absolute Gasteiger partial charge is 0.493 e. The van der Waals surface area contributed by atoms with Crippen LogP contribution in [0, 0.1) is 19.8 Å². The van der Waals surface area contributed by atoms with Crippen LogP contribution in [-0.2, 0) is 5.60 Å². The summed E-state index contributed by atoms with van der Waals surface area (Å²) in [5.41, 5.74) is 2.33. The molecule has 0 spiro atoms. The van der Waals surface area contributed by atoms with E-state index >= 15 is 0 Å². The SMILES string of the molecule is Cc1cc(C)c(OCC2CC2)c(C(C)(C)O)c1. The molecule has 0 amide bonds. The molecule has 1 fully saturated rings. The Morgan fingerprint density at radius 2 is 1.94 bits per heavy atom. The van der Waals surface area contributed by atoms with E-state index < -0.39 is 5.60 Å². The molecule has 1 aliphatic carbocycles. The summed E-state index contributed by atoms with van der Waals surface area (Å²) in [6, 6.07) is 4.13. The van der Waals surface area contributed by atoms with Crippen molar-refractivity contribution in [3.8, 4) is 5.75 Å². The van der Waals surface area contributed by atoms with Gasteiger partial charge in [-0.3, -0.25) is 0 Å². The fourth-order valence-corrected chi connectivity index (χ4v) is 2.09. The van der Waals surface area contributed by atoms with Crippen LogP contribution in [0.2, 0.25) is 0 Å². The van der Waals surface area contributed by atoms with Gasteiger partial charge in [-0.15, -0.1) is 0 Å². The third-order valence-corrected chi connectivity index (χ3v) is 3.24. The Bertz CT molecular complexity index is 412. The summed E-state index contributed by atoms with van der Waals surface area (Å²) < 4.78 is 5.91. The number of aliphatic hydroxyl groups is 1. The summed E-state index contributed by atoms with van der Waals surface area (Å²) in [6.45, 7) is 8.50. The van der Waals surface area contributed by atoms with Crippen molar-refractivity contribution in [1.29, 1.82) is 0 Å². The predicted molar refractivity (Wildman–Crippen MR) is 69.4 cm³/mol. The average Bonchev–Trinajstić information content (AvgIpc) is 2.97. The lowest BCUT2D eigenvalue weighted by molar-refractivity contribution is 0.0743. The van der Waals surface area contributed by atoms with Crippen LogP contribution in [0.1, 0.15) is 43.4 Å². The topological polar surface area (TPSA) is 29.5 Å². The lowest BCUT2D eigenvalue weighted by atomic mass is 9.93. The number of hydrogen-bond donors (Lipinski definition) is 1. The van der Waals surface area contributed by atoms with Gasteiger partial charge < -0.3 is 9.84 Å². The van der Waals surface area contributed by atoms with Gasteiger partial charge >= 0.3 is 0 Å². The zero-order valence-electron chi connectivity index (χ0n) is 11.2. The Morgan fingerprint density at radius 1 is 1.29 bits per heavy atom. The number of aryl methyl sites for hydroxylation is 2. The van der Waals surface area contributed by atoms with Crippen molar-refractivity contribution in [3.63, 3.8) is 0 Å². The molecule has 0 atom stereocenters. The van der Waals surface area contributed by atoms with Crippen LogP contribution in [-0.4, -0.2) is 11.7 Å². The van der Waals surface area contributed by atoms with Gasteiger partial charge in [-0.1, -0.05) is 11.6 Å². The molecule has 0 saturated heterocycles. The first-order valence-corrected chi connectivity index (χ1v) is 6.35. The van der Waals surface area contributed by atoms with Crippen LogP contribution in [0.15, 0.2) is 12.1 Å². The van der Waals surface area contributed by atoms with E-state index in [1.54, 1.807) is 0 Å². The van der Waals surface area contributed by atoms with Gasteiger partial charge in [-0.25, -0.2) is 0 Å². The van der Waals surface area contributed by atoms with E-state index in [4.69, 9.17) is 4.74 Å². The summed E-state index contributed by atoms with van der Waals surface area (Å²) in [6.07, 6.45) is 2.56. The molecule has 0 aliphatic heterocycles. The van der Waals surface area contributed by atoms with Gasteiger partial charge in [0.25, 0.3) is 0 Å². The minimum atomic E-state index is -0.852. The van der Waals surface area contributed by atoms with Crippen molar-refractivity contribution >= 4 is 0 Å². The zero-order chi connectivity index (χ0) is 12.6. The van der Waals surface area contributed by atoms with E-state index in [1.165, 1.54) is 18.4 Å². The molecule has 1 aromatic carbocycles. The Balaban J connectivity index is 2.32. The summed E-state index contributed by atoms with van der Waals surface area (Å²) in [5, 5.41) is 10.2. The normalized spacial score (nSPS) is 16.1. The second-order valence-corrected chi connectivity index (χ2v) is 5.77. The Kier molecular flexibility index (Phi) is 3.17. The molecule has 1 aliphatic rings. The third-order valence-electron chi connectivity index (χ3n) is 3.24. The molecular formula is C15H22O2. The van der Waals surface area contributed by atoms with Gasteiger partial charge in [0, 0.05) is 5.56 Å². The van der Waals surface area contributed by atoms with Gasteiger partial charge in [0.15, 0.2) is 0 Å². The number of rotatable bonds is 4.